The number of rotatable bonds is 1. The van der Waals surface area contributed by atoms with Gasteiger partial charge < -0.3 is 4.74 Å². The van der Waals surface area contributed by atoms with Gasteiger partial charge in [0.2, 0.25) is 5.88 Å². The molecule has 0 amide bonds. The topological polar surface area (TPSA) is 35.0 Å². The molecule has 1 aliphatic rings. The normalized spacial score (nSPS) is 14.2. The molecule has 0 unspecified atom stereocenters. The molecule has 0 fully saturated rings. The summed E-state index contributed by atoms with van der Waals surface area (Å²) in [6.07, 6.45) is 2.92. The van der Waals surface area contributed by atoms with Gasteiger partial charge in [0.1, 0.15) is 0 Å². The summed E-state index contributed by atoms with van der Waals surface area (Å²) < 4.78 is 5.36. The molecule has 4 heteroatoms. The van der Waals surface area contributed by atoms with E-state index >= 15 is 0 Å². The van der Waals surface area contributed by atoms with Gasteiger partial charge in [-0.2, -0.15) is 4.98 Å². The number of hydrogen-bond acceptors (Lipinski definition) is 4. The van der Waals surface area contributed by atoms with Crippen molar-refractivity contribution in [1.82, 2.24) is 9.97 Å². The lowest BCUT2D eigenvalue weighted by Crippen LogP contribution is -1.94. The Labute approximate surface area is 75.6 Å². The second-order valence-electron chi connectivity index (χ2n) is 2.68. The fourth-order valence-corrected chi connectivity index (χ4v) is 1.70. The van der Waals surface area contributed by atoms with Gasteiger partial charge in [0.05, 0.1) is 6.61 Å². The summed E-state index contributed by atoms with van der Waals surface area (Å²) in [4.78, 5) is 8.60. The monoisotopic (exact) mass is 182 g/mol. The summed E-state index contributed by atoms with van der Waals surface area (Å²) in [5.41, 5.74) is 2.23. The second-order valence-corrected chi connectivity index (χ2v) is 3.45. The number of aromatic nitrogens is 2. The zero-order valence-electron chi connectivity index (χ0n) is 7.13. The second kappa shape index (κ2) is 2.94. The third-order valence-corrected chi connectivity index (χ3v) is 2.48. The highest BCUT2D eigenvalue weighted by molar-refractivity contribution is 7.98. The summed E-state index contributed by atoms with van der Waals surface area (Å²) in [6.45, 7) is 2.76. The molecule has 0 saturated heterocycles. The first kappa shape index (κ1) is 7.86. The fraction of sp³-hybridized carbons (Fsp3) is 0.500. The van der Waals surface area contributed by atoms with Crippen LogP contribution in [0.15, 0.2) is 5.16 Å². The molecule has 0 atom stereocenters. The molecular weight excluding hydrogens is 172 g/mol. The molecule has 12 heavy (non-hydrogen) atoms. The molecule has 1 aliphatic heterocycles. The molecule has 2 heterocycles. The van der Waals surface area contributed by atoms with Crippen LogP contribution < -0.4 is 4.74 Å². The van der Waals surface area contributed by atoms with E-state index < -0.39 is 0 Å². The highest BCUT2D eigenvalue weighted by atomic mass is 32.2. The number of aryl methyl sites for hydroxylation is 1. The van der Waals surface area contributed by atoms with Crippen LogP contribution in [0.2, 0.25) is 0 Å². The maximum absolute atomic E-state index is 5.36. The first-order valence-electron chi connectivity index (χ1n) is 3.85. The minimum absolute atomic E-state index is 0.753. The first-order valence-corrected chi connectivity index (χ1v) is 5.08. The van der Waals surface area contributed by atoms with Crippen LogP contribution in [0.25, 0.3) is 0 Å². The van der Waals surface area contributed by atoms with Gasteiger partial charge in [0, 0.05) is 17.7 Å². The highest BCUT2D eigenvalue weighted by Gasteiger charge is 2.17. The molecule has 0 radical (unpaired) electrons. The van der Waals surface area contributed by atoms with E-state index in [2.05, 4.69) is 9.97 Å². The molecule has 0 bridgehead atoms. The summed E-state index contributed by atoms with van der Waals surface area (Å²) in [5.74, 6) is 0.784. The van der Waals surface area contributed by atoms with E-state index in [1.807, 2.05) is 13.2 Å². The number of ether oxygens (including phenoxy) is 1. The smallest absolute Gasteiger partial charge is 0.221 e. The molecular formula is C8H10N2OS. The Balaban J connectivity index is 2.51. The summed E-state index contributed by atoms with van der Waals surface area (Å²) >= 11 is 1.55. The van der Waals surface area contributed by atoms with Crippen molar-refractivity contribution >= 4 is 11.8 Å². The molecule has 64 valence electrons. The van der Waals surface area contributed by atoms with Crippen molar-refractivity contribution < 1.29 is 4.74 Å². The highest BCUT2D eigenvalue weighted by Crippen LogP contribution is 2.26. The number of hydrogen-bond donors (Lipinski definition) is 0. The van der Waals surface area contributed by atoms with Crippen LogP contribution in [0.3, 0.4) is 0 Å². The van der Waals surface area contributed by atoms with Gasteiger partial charge in [0.25, 0.3) is 0 Å². The van der Waals surface area contributed by atoms with E-state index in [-0.39, 0.29) is 0 Å². The Morgan fingerprint density at radius 1 is 1.42 bits per heavy atom. The molecule has 0 saturated carbocycles. The van der Waals surface area contributed by atoms with Crippen LogP contribution in [0.1, 0.15) is 11.3 Å². The van der Waals surface area contributed by atoms with Gasteiger partial charge in [-0.15, -0.1) is 0 Å². The fourth-order valence-electron chi connectivity index (χ4n) is 1.29. The largest absolute Gasteiger partial charge is 0.477 e. The number of thioether (sulfide) groups is 1. The summed E-state index contributed by atoms with van der Waals surface area (Å²) in [6, 6.07) is 0. The Hall–Kier alpha value is -0.770. The lowest BCUT2D eigenvalue weighted by Gasteiger charge is -2.02. The Kier molecular flexibility index (Phi) is 1.92. The molecule has 1 aromatic rings. The molecule has 0 spiro atoms. The van der Waals surface area contributed by atoms with Crippen molar-refractivity contribution in [3.63, 3.8) is 0 Å². The van der Waals surface area contributed by atoms with Gasteiger partial charge in [-0.1, -0.05) is 11.8 Å². The van der Waals surface area contributed by atoms with E-state index in [1.54, 1.807) is 11.8 Å². The van der Waals surface area contributed by atoms with Crippen molar-refractivity contribution in [2.24, 2.45) is 0 Å². The standard InChI is InChI=1S/C8H10N2OS/c1-5-6-3-4-11-7(6)10-8(9-5)12-2/h3-4H2,1-2H3. The third kappa shape index (κ3) is 1.16. The quantitative estimate of drug-likeness (QED) is 0.486. The molecule has 3 nitrogen and oxygen atoms in total. The molecule has 2 rings (SSSR count). The van der Waals surface area contributed by atoms with E-state index in [9.17, 15) is 0 Å². The zero-order valence-corrected chi connectivity index (χ0v) is 7.94. The van der Waals surface area contributed by atoms with Gasteiger partial charge in [-0.25, -0.2) is 4.98 Å². The van der Waals surface area contributed by atoms with E-state index in [1.165, 1.54) is 5.56 Å². The van der Waals surface area contributed by atoms with Gasteiger partial charge in [0.15, 0.2) is 5.16 Å². The van der Waals surface area contributed by atoms with Crippen molar-refractivity contribution in [1.29, 1.82) is 0 Å². The predicted octanol–water partition coefficient (Wildman–Crippen LogP) is 1.44. The van der Waals surface area contributed by atoms with Crippen LogP contribution in [-0.2, 0) is 6.42 Å². The summed E-state index contributed by atoms with van der Waals surface area (Å²) in [7, 11) is 0. The average molecular weight is 182 g/mol. The Morgan fingerprint density at radius 2 is 2.25 bits per heavy atom. The Morgan fingerprint density at radius 3 is 3.00 bits per heavy atom. The third-order valence-electron chi connectivity index (χ3n) is 1.93. The first-order chi connectivity index (χ1) is 5.81. The van der Waals surface area contributed by atoms with Crippen molar-refractivity contribution in [3.8, 4) is 5.88 Å². The average Bonchev–Trinajstić information content (AvgIpc) is 2.52. The lowest BCUT2D eigenvalue weighted by atomic mass is 10.2. The van der Waals surface area contributed by atoms with Crippen LogP contribution in [0.4, 0.5) is 0 Å². The predicted molar refractivity (Wildman–Crippen MR) is 47.7 cm³/mol. The molecule has 0 aliphatic carbocycles. The van der Waals surface area contributed by atoms with E-state index in [0.717, 1.165) is 29.8 Å². The number of nitrogens with zero attached hydrogens (tertiary/aromatic N) is 2. The van der Waals surface area contributed by atoms with Crippen LogP contribution in [0.5, 0.6) is 5.88 Å². The maximum Gasteiger partial charge on any atom is 0.221 e. The van der Waals surface area contributed by atoms with Crippen LogP contribution in [0, 0.1) is 6.92 Å². The lowest BCUT2D eigenvalue weighted by molar-refractivity contribution is 0.342. The minimum Gasteiger partial charge on any atom is -0.477 e. The molecule has 0 aromatic carbocycles. The van der Waals surface area contributed by atoms with Crippen molar-refractivity contribution in [2.75, 3.05) is 12.9 Å². The summed E-state index contributed by atoms with van der Waals surface area (Å²) in [5, 5.41) is 0.799. The number of fused-ring (bicyclic) bond motifs is 1. The van der Waals surface area contributed by atoms with Crippen molar-refractivity contribution in [3.05, 3.63) is 11.3 Å². The van der Waals surface area contributed by atoms with Crippen LogP contribution >= 0.6 is 11.8 Å². The van der Waals surface area contributed by atoms with Crippen molar-refractivity contribution in [2.45, 2.75) is 18.5 Å². The molecule has 1 aromatic heterocycles. The Bertz CT molecular complexity index is 314. The van der Waals surface area contributed by atoms with Crippen LogP contribution in [-0.4, -0.2) is 22.8 Å². The molecule has 0 N–H and O–H groups in total. The zero-order chi connectivity index (χ0) is 8.55. The SMILES string of the molecule is CSc1nc(C)c2c(n1)OCC2. The van der Waals surface area contributed by atoms with E-state index in [0.29, 0.717) is 0 Å². The van der Waals surface area contributed by atoms with Gasteiger partial charge >= 0.3 is 0 Å². The maximum atomic E-state index is 5.36. The van der Waals surface area contributed by atoms with Gasteiger partial charge in [-0.3, -0.25) is 0 Å². The minimum atomic E-state index is 0.753. The van der Waals surface area contributed by atoms with E-state index in [4.69, 9.17) is 4.74 Å². The van der Waals surface area contributed by atoms with Gasteiger partial charge in [-0.05, 0) is 13.2 Å².